The second kappa shape index (κ2) is 15.0. The molecule has 3 aliphatic carbocycles. The second-order valence-electron chi connectivity index (χ2n) is 13.8. The minimum atomic E-state index is -0.235. The molecule has 48 heavy (non-hydrogen) atoms. The predicted octanol–water partition coefficient (Wildman–Crippen LogP) is 8.62. The van der Waals surface area contributed by atoms with E-state index < -0.39 is 0 Å². The van der Waals surface area contributed by atoms with Gasteiger partial charge in [0.25, 0.3) is 0 Å². The van der Waals surface area contributed by atoms with Gasteiger partial charge < -0.3 is 18.7 Å². The Kier molecular flexibility index (Phi) is 10.5. The summed E-state index contributed by atoms with van der Waals surface area (Å²) >= 11 is 0. The molecule has 9 heteroatoms. The van der Waals surface area contributed by atoms with Crippen molar-refractivity contribution < 1.29 is 33.1 Å². The number of nitrogens with zero attached hydrogens (tertiary/aromatic N) is 2. The number of amides is 2. The average molecular weight is 657 g/mol. The summed E-state index contributed by atoms with van der Waals surface area (Å²) in [4.78, 5) is 40.9. The van der Waals surface area contributed by atoms with Crippen molar-refractivity contribution in [2.24, 2.45) is 17.8 Å². The molecule has 6 rings (SSSR count). The Labute approximate surface area is 283 Å². The lowest BCUT2D eigenvalue weighted by Gasteiger charge is -2.21. The van der Waals surface area contributed by atoms with Crippen molar-refractivity contribution >= 4 is 23.7 Å². The molecule has 0 spiro atoms. The van der Waals surface area contributed by atoms with Crippen molar-refractivity contribution in [3.8, 4) is 33.9 Å². The fourth-order valence-corrected chi connectivity index (χ4v) is 5.68. The Bertz CT molecular complexity index is 1590. The number of hydrogen-bond acceptors (Lipinski definition) is 8. The Morgan fingerprint density at radius 1 is 0.833 bits per heavy atom. The van der Waals surface area contributed by atoms with E-state index >= 15 is 0 Å². The molecule has 0 unspecified atom stereocenters. The molecule has 3 aromatic rings. The number of ether oxygens (including phenoxy) is 3. The number of esters is 1. The highest BCUT2D eigenvalue weighted by atomic mass is 16.5. The number of carbonyl (C=O) groups excluding carboxylic acids is 3. The van der Waals surface area contributed by atoms with Gasteiger partial charge in [-0.1, -0.05) is 70.0 Å². The van der Waals surface area contributed by atoms with Crippen LogP contribution in [0.4, 0.5) is 5.88 Å². The maximum Gasteiger partial charge on any atom is 0.309 e. The van der Waals surface area contributed by atoms with Gasteiger partial charge in [-0.3, -0.25) is 14.4 Å². The van der Waals surface area contributed by atoms with Crippen molar-refractivity contribution in [2.75, 3.05) is 18.1 Å². The number of carbonyl (C=O) groups is 3. The molecule has 3 saturated carbocycles. The molecular formula is C39H48N2O7. The predicted molar refractivity (Wildman–Crippen MR) is 183 cm³/mol. The minimum absolute atomic E-state index is 0.0262. The van der Waals surface area contributed by atoms with Crippen LogP contribution in [-0.4, -0.2) is 36.2 Å². The summed E-state index contributed by atoms with van der Waals surface area (Å²) in [5, 5.41) is 4.60. The van der Waals surface area contributed by atoms with E-state index in [-0.39, 0.29) is 53.9 Å². The monoisotopic (exact) mass is 656 g/mol. The van der Waals surface area contributed by atoms with Gasteiger partial charge in [-0.25, -0.2) is 4.90 Å². The third-order valence-electron chi connectivity index (χ3n) is 9.21. The lowest BCUT2D eigenvalue weighted by molar-refractivity contribution is -0.146. The molecule has 1 aromatic heterocycles. The van der Waals surface area contributed by atoms with E-state index in [4.69, 9.17) is 18.7 Å². The molecule has 0 saturated heterocycles. The van der Waals surface area contributed by atoms with Gasteiger partial charge in [-0.2, -0.15) is 0 Å². The molecule has 256 valence electrons. The van der Waals surface area contributed by atoms with Gasteiger partial charge in [0.1, 0.15) is 23.8 Å². The maximum absolute atomic E-state index is 13.8. The van der Waals surface area contributed by atoms with E-state index in [0.29, 0.717) is 35.8 Å². The molecule has 0 N–H and O–H groups in total. The molecule has 3 fully saturated rings. The third kappa shape index (κ3) is 7.77. The van der Waals surface area contributed by atoms with Crippen LogP contribution in [-0.2, 0) is 25.7 Å². The van der Waals surface area contributed by atoms with Crippen LogP contribution in [0.25, 0.3) is 22.4 Å². The van der Waals surface area contributed by atoms with Crippen molar-refractivity contribution in [2.45, 2.75) is 104 Å². The highest BCUT2D eigenvalue weighted by Gasteiger charge is 2.45. The number of anilines is 1. The van der Waals surface area contributed by atoms with Gasteiger partial charge in [-0.05, 0) is 80.0 Å². The van der Waals surface area contributed by atoms with Crippen molar-refractivity contribution in [3.05, 3.63) is 47.5 Å². The first kappa shape index (κ1) is 33.7. The topological polar surface area (TPSA) is 108 Å². The number of benzene rings is 2. The zero-order valence-corrected chi connectivity index (χ0v) is 28.7. The van der Waals surface area contributed by atoms with Gasteiger partial charge in [0.2, 0.25) is 17.7 Å². The first-order valence-corrected chi connectivity index (χ1v) is 17.9. The highest BCUT2D eigenvalue weighted by Crippen LogP contribution is 2.48. The molecule has 2 aromatic carbocycles. The molecule has 0 atom stereocenters. The number of imide groups is 1. The normalized spacial score (nSPS) is 15.8. The SMILES string of the molecule is CCCCOc1cc(OCCCC)c(C(C)C)cc1-c1noc(N(C(=O)C2CC2)C(=O)C2CC2)c1-c1ccc(COC(=O)C2CC2)cc1. The summed E-state index contributed by atoms with van der Waals surface area (Å²) in [5.74, 6) is 0.671. The van der Waals surface area contributed by atoms with Crippen LogP contribution in [0, 0.1) is 17.8 Å². The smallest absolute Gasteiger partial charge is 0.309 e. The molecule has 0 radical (unpaired) electrons. The molecule has 1 heterocycles. The Balaban J connectivity index is 1.46. The highest BCUT2D eigenvalue weighted by molar-refractivity contribution is 6.18. The maximum atomic E-state index is 13.8. The van der Waals surface area contributed by atoms with Gasteiger partial charge in [-0.15, -0.1) is 0 Å². The standard InChI is InChI=1S/C39H48N2O7/c1-5-7-19-45-32-22-33(46-20-8-6-2)31(21-30(32)24(3)4)35-34(26-11-9-25(10-12-26)23-47-39(44)29-17-18-29)38(48-40-35)41(36(42)27-13-14-27)37(43)28-15-16-28/h9-12,21-22,24,27-29H,5-8,13-20,23H2,1-4H3. The number of hydrogen-bond donors (Lipinski definition) is 0. The van der Waals surface area contributed by atoms with Crippen molar-refractivity contribution in [3.63, 3.8) is 0 Å². The zero-order chi connectivity index (χ0) is 33.8. The van der Waals surface area contributed by atoms with Gasteiger partial charge in [0.05, 0.1) is 24.7 Å². The van der Waals surface area contributed by atoms with Crippen LogP contribution in [0.1, 0.15) is 109 Å². The Morgan fingerprint density at radius 2 is 1.42 bits per heavy atom. The summed E-state index contributed by atoms with van der Waals surface area (Å²) in [5.41, 5.74) is 4.32. The van der Waals surface area contributed by atoms with Crippen molar-refractivity contribution in [1.82, 2.24) is 5.16 Å². The van der Waals surface area contributed by atoms with Gasteiger partial charge >= 0.3 is 5.97 Å². The van der Waals surface area contributed by atoms with E-state index in [9.17, 15) is 14.4 Å². The Hall–Kier alpha value is -4.14. The average Bonchev–Trinajstić information content (AvgIpc) is 3.94. The quantitative estimate of drug-likeness (QED) is 0.0807. The van der Waals surface area contributed by atoms with E-state index in [1.54, 1.807) is 0 Å². The van der Waals surface area contributed by atoms with Crippen LogP contribution in [0.3, 0.4) is 0 Å². The fourth-order valence-electron chi connectivity index (χ4n) is 5.68. The lowest BCUT2D eigenvalue weighted by Crippen LogP contribution is -2.39. The minimum Gasteiger partial charge on any atom is -0.493 e. The molecule has 2 amide bonds. The third-order valence-corrected chi connectivity index (χ3v) is 9.21. The summed E-state index contributed by atoms with van der Waals surface area (Å²) in [7, 11) is 0. The summed E-state index contributed by atoms with van der Waals surface area (Å²) in [6.07, 6.45) is 8.62. The molecule has 3 aliphatic rings. The molecule has 9 nitrogen and oxygen atoms in total. The van der Waals surface area contributed by atoms with Crippen LogP contribution < -0.4 is 14.4 Å². The Morgan fingerprint density at radius 3 is 1.96 bits per heavy atom. The first-order chi connectivity index (χ1) is 23.3. The summed E-state index contributed by atoms with van der Waals surface area (Å²) < 4.78 is 24.3. The van der Waals surface area contributed by atoms with Crippen molar-refractivity contribution in [1.29, 1.82) is 0 Å². The van der Waals surface area contributed by atoms with Crippen LogP contribution in [0.5, 0.6) is 11.5 Å². The van der Waals surface area contributed by atoms with Crippen LogP contribution in [0.2, 0.25) is 0 Å². The lowest BCUT2D eigenvalue weighted by atomic mass is 9.94. The summed E-state index contributed by atoms with van der Waals surface area (Å²) in [6.45, 7) is 9.80. The van der Waals surface area contributed by atoms with Crippen LogP contribution >= 0.6 is 0 Å². The van der Waals surface area contributed by atoms with Gasteiger partial charge in [0.15, 0.2) is 0 Å². The molecule has 0 aliphatic heterocycles. The first-order valence-electron chi connectivity index (χ1n) is 17.9. The second-order valence-corrected chi connectivity index (χ2v) is 13.8. The molecule has 0 bridgehead atoms. The zero-order valence-electron chi connectivity index (χ0n) is 28.7. The van der Waals surface area contributed by atoms with E-state index in [0.717, 1.165) is 86.6 Å². The van der Waals surface area contributed by atoms with E-state index in [1.165, 1.54) is 4.90 Å². The number of rotatable bonds is 17. The fraction of sp³-hybridized carbons (Fsp3) is 0.538. The van der Waals surface area contributed by atoms with E-state index in [2.05, 4.69) is 38.9 Å². The largest absolute Gasteiger partial charge is 0.493 e. The van der Waals surface area contributed by atoms with E-state index in [1.807, 2.05) is 30.3 Å². The summed E-state index contributed by atoms with van der Waals surface area (Å²) in [6, 6.07) is 11.6. The van der Waals surface area contributed by atoms with Gasteiger partial charge in [0, 0.05) is 23.5 Å². The number of unbranched alkanes of at least 4 members (excludes halogenated alkanes) is 2. The molecular weight excluding hydrogens is 608 g/mol. The van der Waals surface area contributed by atoms with Crippen LogP contribution in [0.15, 0.2) is 40.9 Å². The number of aromatic nitrogens is 1.